The largest absolute Gasteiger partial charge is 0.271 e. The highest BCUT2D eigenvalue weighted by Crippen LogP contribution is 2.70. The van der Waals surface area contributed by atoms with Crippen molar-refractivity contribution >= 4 is 15.9 Å². The molecule has 3 N–H and O–H groups in total. The number of hydrogen-bond donors (Lipinski definition) is 2. The van der Waals surface area contributed by atoms with Gasteiger partial charge >= 0.3 is 0 Å². The number of rotatable bonds is 4. The summed E-state index contributed by atoms with van der Waals surface area (Å²) < 4.78 is 14.2. The molecule has 20 heavy (non-hydrogen) atoms. The number of nitrogens with two attached hydrogens (primary N) is 1. The molecule has 0 heterocycles. The smallest absolute Gasteiger partial charge is 0.137 e. The van der Waals surface area contributed by atoms with Crippen molar-refractivity contribution in [3.05, 3.63) is 34.1 Å². The van der Waals surface area contributed by atoms with Crippen LogP contribution in [-0.4, -0.2) is 6.04 Å². The SMILES string of the molecule is NNC(Cc1cccc(F)c1Br)C1C2C3CCC(C3)C21. The molecule has 5 unspecified atom stereocenters. The van der Waals surface area contributed by atoms with Crippen LogP contribution in [0, 0.1) is 35.4 Å². The first-order chi connectivity index (χ1) is 9.70. The summed E-state index contributed by atoms with van der Waals surface area (Å²) in [5.74, 6) is 10.0. The Morgan fingerprint density at radius 3 is 2.65 bits per heavy atom. The van der Waals surface area contributed by atoms with E-state index in [1.165, 1.54) is 25.3 Å². The summed E-state index contributed by atoms with van der Waals surface area (Å²) in [6, 6.07) is 5.54. The molecule has 0 saturated heterocycles. The molecule has 2 bridgehead atoms. The van der Waals surface area contributed by atoms with Gasteiger partial charge in [-0.1, -0.05) is 12.1 Å². The van der Waals surface area contributed by atoms with Gasteiger partial charge in [-0.15, -0.1) is 0 Å². The Hall–Kier alpha value is -0.450. The maximum absolute atomic E-state index is 13.6. The van der Waals surface area contributed by atoms with E-state index in [9.17, 15) is 4.39 Å². The van der Waals surface area contributed by atoms with Gasteiger partial charge in [-0.05, 0) is 82.8 Å². The fourth-order valence-corrected chi connectivity index (χ4v) is 5.61. The zero-order chi connectivity index (χ0) is 13.9. The number of nitrogens with one attached hydrogen (secondary N) is 1. The van der Waals surface area contributed by atoms with Crippen LogP contribution >= 0.6 is 15.9 Å². The second-order valence-corrected chi connectivity index (χ2v) is 7.55. The molecule has 3 aliphatic carbocycles. The minimum absolute atomic E-state index is 0.186. The summed E-state index contributed by atoms with van der Waals surface area (Å²) in [5, 5.41) is 0. The van der Waals surface area contributed by atoms with Crippen LogP contribution in [0.15, 0.2) is 22.7 Å². The molecule has 0 spiro atoms. The molecule has 4 heteroatoms. The Morgan fingerprint density at radius 2 is 2.00 bits per heavy atom. The van der Waals surface area contributed by atoms with Gasteiger partial charge in [0.2, 0.25) is 0 Å². The Kier molecular flexibility index (Phi) is 3.17. The molecular formula is C16H20BrFN2. The van der Waals surface area contributed by atoms with Crippen molar-refractivity contribution < 1.29 is 4.39 Å². The molecule has 1 aromatic rings. The highest BCUT2D eigenvalue weighted by molar-refractivity contribution is 9.10. The van der Waals surface area contributed by atoms with Crippen molar-refractivity contribution in [2.75, 3.05) is 0 Å². The van der Waals surface area contributed by atoms with Gasteiger partial charge in [-0.2, -0.15) is 0 Å². The van der Waals surface area contributed by atoms with Crippen LogP contribution in [0.4, 0.5) is 4.39 Å². The van der Waals surface area contributed by atoms with Crippen molar-refractivity contribution in [2.45, 2.75) is 31.7 Å². The molecule has 4 rings (SSSR count). The van der Waals surface area contributed by atoms with Gasteiger partial charge in [0, 0.05) is 6.04 Å². The molecule has 108 valence electrons. The summed E-state index contributed by atoms with van der Waals surface area (Å²) in [6.07, 6.45) is 5.10. The maximum atomic E-state index is 13.6. The molecular weight excluding hydrogens is 319 g/mol. The normalized spacial score (nSPS) is 38.9. The molecule has 2 nitrogen and oxygen atoms in total. The molecule has 5 atom stereocenters. The zero-order valence-electron chi connectivity index (χ0n) is 11.4. The van der Waals surface area contributed by atoms with E-state index in [1.807, 2.05) is 6.07 Å². The number of benzene rings is 1. The monoisotopic (exact) mass is 338 g/mol. The molecule has 1 aromatic carbocycles. The van der Waals surface area contributed by atoms with Crippen molar-refractivity contribution in [2.24, 2.45) is 35.4 Å². The Morgan fingerprint density at radius 1 is 1.30 bits per heavy atom. The fourth-order valence-electron chi connectivity index (χ4n) is 5.18. The number of fused-ring (bicyclic) bond motifs is 5. The van der Waals surface area contributed by atoms with Gasteiger partial charge < -0.3 is 0 Å². The highest BCUT2D eigenvalue weighted by atomic mass is 79.9. The fraction of sp³-hybridized carbons (Fsp3) is 0.625. The number of hydrazine groups is 1. The molecule has 3 aliphatic rings. The minimum atomic E-state index is -0.186. The molecule has 0 amide bonds. The highest BCUT2D eigenvalue weighted by Gasteiger charge is 2.66. The lowest BCUT2D eigenvalue weighted by atomic mass is 9.93. The van der Waals surface area contributed by atoms with Crippen LogP contribution < -0.4 is 11.3 Å². The van der Waals surface area contributed by atoms with Crippen molar-refractivity contribution in [1.82, 2.24) is 5.43 Å². The first-order valence-corrected chi connectivity index (χ1v) is 8.39. The van der Waals surface area contributed by atoms with Gasteiger partial charge in [-0.3, -0.25) is 11.3 Å². The summed E-state index contributed by atoms with van der Waals surface area (Å²) in [5.41, 5.74) is 4.03. The van der Waals surface area contributed by atoms with Gasteiger partial charge in [0.25, 0.3) is 0 Å². The van der Waals surface area contributed by atoms with E-state index in [-0.39, 0.29) is 11.9 Å². The second-order valence-electron chi connectivity index (χ2n) is 6.76. The maximum Gasteiger partial charge on any atom is 0.137 e. The Bertz CT molecular complexity index is 519. The molecule has 3 saturated carbocycles. The van der Waals surface area contributed by atoms with Gasteiger partial charge in [-0.25, -0.2) is 4.39 Å². The zero-order valence-corrected chi connectivity index (χ0v) is 12.9. The van der Waals surface area contributed by atoms with Crippen LogP contribution in [0.25, 0.3) is 0 Å². The predicted octanol–water partition coefficient (Wildman–Crippen LogP) is 3.25. The first kappa shape index (κ1) is 13.2. The summed E-state index contributed by atoms with van der Waals surface area (Å²) in [4.78, 5) is 0. The van der Waals surface area contributed by atoms with Crippen molar-refractivity contribution in [3.8, 4) is 0 Å². The number of hydrogen-bond acceptors (Lipinski definition) is 2. The Balaban J connectivity index is 1.51. The van der Waals surface area contributed by atoms with E-state index in [0.717, 1.165) is 35.7 Å². The first-order valence-electron chi connectivity index (χ1n) is 7.59. The van der Waals surface area contributed by atoms with Crippen molar-refractivity contribution in [1.29, 1.82) is 0 Å². The summed E-state index contributed by atoms with van der Waals surface area (Å²) >= 11 is 3.36. The van der Waals surface area contributed by atoms with Crippen LogP contribution in [0.1, 0.15) is 24.8 Å². The van der Waals surface area contributed by atoms with E-state index < -0.39 is 0 Å². The quantitative estimate of drug-likeness (QED) is 0.653. The van der Waals surface area contributed by atoms with Crippen LogP contribution in [0.5, 0.6) is 0 Å². The predicted molar refractivity (Wildman–Crippen MR) is 80.2 cm³/mol. The lowest BCUT2D eigenvalue weighted by Crippen LogP contribution is -2.40. The van der Waals surface area contributed by atoms with E-state index in [1.54, 1.807) is 6.07 Å². The minimum Gasteiger partial charge on any atom is -0.271 e. The third-order valence-electron chi connectivity index (χ3n) is 5.94. The average molecular weight is 339 g/mol. The van der Waals surface area contributed by atoms with E-state index in [0.29, 0.717) is 10.4 Å². The molecule has 0 aromatic heterocycles. The lowest BCUT2D eigenvalue weighted by molar-refractivity contribution is 0.364. The molecule has 3 fully saturated rings. The van der Waals surface area contributed by atoms with Gasteiger partial charge in [0.15, 0.2) is 0 Å². The van der Waals surface area contributed by atoms with Crippen LogP contribution in [-0.2, 0) is 6.42 Å². The number of halogens is 2. The van der Waals surface area contributed by atoms with Crippen molar-refractivity contribution in [3.63, 3.8) is 0 Å². The van der Waals surface area contributed by atoms with Crippen LogP contribution in [0.3, 0.4) is 0 Å². The topological polar surface area (TPSA) is 38.0 Å². The van der Waals surface area contributed by atoms with E-state index in [2.05, 4.69) is 21.4 Å². The molecule has 0 aliphatic heterocycles. The molecule has 0 radical (unpaired) electrons. The third kappa shape index (κ3) is 1.88. The van der Waals surface area contributed by atoms with E-state index >= 15 is 0 Å². The lowest BCUT2D eigenvalue weighted by Gasteiger charge is -2.20. The average Bonchev–Trinajstić information content (AvgIpc) is 2.88. The van der Waals surface area contributed by atoms with Gasteiger partial charge in [0.05, 0.1) is 4.47 Å². The van der Waals surface area contributed by atoms with E-state index in [4.69, 9.17) is 5.84 Å². The van der Waals surface area contributed by atoms with Crippen LogP contribution in [0.2, 0.25) is 0 Å². The van der Waals surface area contributed by atoms with Gasteiger partial charge in [0.1, 0.15) is 5.82 Å². The second kappa shape index (κ2) is 4.79. The summed E-state index contributed by atoms with van der Waals surface area (Å²) in [7, 11) is 0. The third-order valence-corrected chi connectivity index (χ3v) is 6.83. The summed E-state index contributed by atoms with van der Waals surface area (Å²) in [6.45, 7) is 0. The standard InChI is InChI=1S/C16H20BrFN2/c17-16-10(2-1-3-11(16)18)7-12(20-19)15-13-8-4-5-9(6-8)14(13)15/h1-3,8-9,12-15,20H,4-7,19H2. The Labute approximate surface area is 127 Å².